The molecule has 1 aliphatic rings. The minimum Gasteiger partial charge on any atom is -0.383 e. The van der Waals surface area contributed by atoms with E-state index in [-0.39, 0.29) is 18.0 Å². The second-order valence-corrected chi connectivity index (χ2v) is 5.33. The molecule has 1 aliphatic heterocycles. The third kappa shape index (κ3) is 3.66. The van der Waals surface area contributed by atoms with E-state index in [1.165, 1.54) is 0 Å². The number of rotatable bonds is 7. The molecular weight excluding hydrogens is 248 g/mol. The van der Waals surface area contributed by atoms with Crippen LogP contribution in [-0.2, 0) is 19.0 Å². The molecule has 0 bridgehead atoms. The van der Waals surface area contributed by atoms with Crippen molar-refractivity contribution in [1.82, 2.24) is 4.90 Å². The number of carbonyl (C=O) groups excluding carboxylic acids is 1. The Kier molecular flexibility index (Phi) is 6.19. The summed E-state index contributed by atoms with van der Waals surface area (Å²) in [5.41, 5.74) is 5.36. The second kappa shape index (κ2) is 7.19. The van der Waals surface area contributed by atoms with Crippen molar-refractivity contribution in [2.75, 3.05) is 47.2 Å². The molecule has 1 amide bonds. The van der Waals surface area contributed by atoms with Gasteiger partial charge >= 0.3 is 0 Å². The van der Waals surface area contributed by atoms with Crippen molar-refractivity contribution in [3.05, 3.63) is 0 Å². The smallest absolute Gasteiger partial charge is 0.232 e. The summed E-state index contributed by atoms with van der Waals surface area (Å²) in [6, 6.07) is -0.280. The molecule has 0 aromatic heterocycles. The van der Waals surface area contributed by atoms with E-state index in [4.69, 9.17) is 19.9 Å². The van der Waals surface area contributed by atoms with Crippen LogP contribution in [0.1, 0.15) is 13.8 Å². The Morgan fingerprint density at radius 3 is 2.68 bits per heavy atom. The monoisotopic (exact) mass is 274 g/mol. The lowest BCUT2D eigenvalue weighted by Gasteiger charge is -2.36. The molecule has 1 saturated heterocycles. The molecule has 3 atom stereocenters. The van der Waals surface area contributed by atoms with E-state index in [0.717, 1.165) is 0 Å². The largest absolute Gasteiger partial charge is 0.383 e. The van der Waals surface area contributed by atoms with Crippen LogP contribution in [0, 0.1) is 5.41 Å². The zero-order valence-corrected chi connectivity index (χ0v) is 12.3. The fourth-order valence-corrected chi connectivity index (χ4v) is 2.28. The van der Waals surface area contributed by atoms with Gasteiger partial charge in [0, 0.05) is 26.8 Å². The molecule has 1 rings (SSSR count). The van der Waals surface area contributed by atoms with Crippen LogP contribution in [0.25, 0.3) is 0 Å². The van der Waals surface area contributed by atoms with Crippen molar-refractivity contribution < 1.29 is 19.0 Å². The Bertz CT molecular complexity index is 300. The normalized spacial score (nSPS) is 28.4. The maximum absolute atomic E-state index is 12.8. The molecule has 0 spiro atoms. The van der Waals surface area contributed by atoms with E-state index in [9.17, 15) is 4.79 Å². The Morgan fingerprint density at radius 1 is 1.53 bits per heavy atom. The molecule has 2 N–H and O–H groups in total. The zero-order valence-electron chi connectivity index (χ0n) is 12.3. The second-order valence-electron chi connectivity index (χ2n) is 5.33. The average molecular weight is 274 g/mol. The van der Waals surface area contributed by atoms with E-state index >= 15 is 0 Å². The van der Waals surface area contributed by atoms with Gasteiger partial charge in [0.25, 0.3) is 0 Å². The van der Waals surface area contributed by atoms with Gasteiger partial charge in [-0.2, -0.15) is 0 Å². The predicted molar refractivity (Wildman–Crippen MR) is 71.8 cm³/mol. The number of ether oxygens (including phenoxy) is 3. The first-order valence-electron chi connectivity index (χ1n) is 6.59. The molecule has 0 aromatic rings. The first kappa shape index (κ1) is 16.4. The predicted octanol–water partition coefficient (Wildman–Crippen LogP) is -0.140. The Morgan fingerprint density at radius 2 is 2.21 bits per heavy atom. The number of nitrogens with two attached hydrogens (primary N) is 1. The van der Waals surface area contributed by atoms with Gasteiger partial charge in [0.05, 0.1) is 37.9 Å². The van der Waals surface area contributed by atoms with Gasteiger partial charge in [-0.05, 0) is 13.8 Å². The Labute approximate surface area is 115 Å². The van der Waals surface area contributed by atoms with Crippen LogP contribution in [0.4, 0.5) is 0 Å². The molecule has 0 radical (unpaired) electrons. The molecule has 6 heteroatoms. The van der Waals surface area contributed by atoms with Crippen LogP contribution in [-0.4, -0.2) is 70.1 Å². The van der Waals surface area contributed by atoms with E-state index in [1.54, 1.807) is 19.1 Å². The van der Waals surface area contributed by atoms with E-state index in [0.29, 0.717) is 33.0 Å². The van der Waals surface area contributed by atoms with Crippen LogP contribution in [0.3, 0.4) is 0 Å². The van der Waals surface area contributed by atoms with Crippen molar-refractivity contribution in [3.8, 4) is 0 Å². The number of amides is 1. The van der Waals surface area contributed by atoms with Gasteiger partial charge in [-0.1, -0.05) is 0 Å². The van der Waals surface area contributed by atoms with Crippen molar-refractivity contribution >= 4 is 5.91 Å². The van der Waals surface area contributed by atoms with Crippen molar-refractivity contribution in [1.29, 1.82) is 0 Å². The number of hydrogen-bond acceptors (Lipinski definition) is 5. The molecule has 6 nitrogen and oxygen atoms in total. The first-order chi connectivity index (χ1) is 8.97. The summed E-state index contributed by atoms with van der Waals surface area (Å²) in [4.78, 5) is 14.5. The van der Waals surface area contributed by atoms with Gasteiger partial charge in [0.1, 0.15) is 0 Å². The average Bonchev–Trinajstić information content (AvgIpc) is 2.71. The molecule has 112 valence electrons. The van der Waals surface area contributed by atoms with Crippen molar-refractivity contribution in [3.63, 3.8) is 0 Å². The minimum absolute atomic E-state index is 0.0131. The molecule has 1 heterocycles. The van der Waals surface area contributed by atoms with Crippen LogP contribution in [0.2, 0.25) is 0 Å². The first-order valence-corrected chi connectivity index (χ1v) is 6.59. The lowest BCUT2D eigenvalue weighted by Crippen LogP contribution is -2.55. The fraction of sp³-hybridized carbons (Fsp3) is 0.923. The lowest BCUT2D eigenvalue weighted by atomic mass is 9.84. The third-order valence-corrected chi connectivity index (χ3v) is 3.74. The van der Waals surface area contributed by atoms with E-state index < -0.39 is 5.41 Å². The summed E-state index contributed by atoms with van der Waals surface area (Å²) in [6.45, 7) is 6.14. The van der Waals surface area contributed by atoms with Crippen molar-refractivity contribution in [2.45, 2.75) is 25.9 Å². The van der Waals surface area contributed by atoms with Crippen LogP contribution < -0.4 is 5.73 Å². The van der Waals surface area contributed by atoms with Gasteiger partial charge in [0.15, 0.2) is 0 Å². The van der Waals surface area contributed by atoms with Crippen LogP contribution in [0.15, 0.2) is 0 Å². The van der Waals surface area contributed by atoms with Gasteiger partial charge in [-0.3, -0.25) is 4.79 Å². The number of methoxy groups -OCH3 is 2. The fourth-order valence-electron chi connectivity index (χ4n) is 2.28. The summed E-state index contributed by atoms with van der Waals surface area (Å²) >= 11 is 0. The third-order valence-electron chi connectivity index (χ3n) is 3.74. The van der Waals surface area contributed by atoms with Gasteiger partial charge < -0.3 is 24.8 Å². The maximum atomic E-state index is 12.8. The SMILES string of the molecule is COCCN(C(=O)C1(C)COCC1N)C(C)COC. The summed E-state index contributed by atoms with van der Waals surface area (Å²) in [5.74, 6) is 0.0131. The minimum atomic E-state index is -0.657. The highest BCUT2D eigenvalue weighted by Crippen LogP contribution is 2.30. The van der Waals surface area contributed by atoms with E-state index in [1.807, 2.05) is 13.8 Å². The Hall–Kier alpha value is -0.690. The quantitative estimate of drug-likeness (QED) is 0.699. The van der Waals surface area contributed by atoms with Gasteiger partial charge in [-0.15, -0.1) is 0 Å². The highest BCUT2D eigenvalue weighted by Gasteiger charge is 2.47. The summed E-state index contributed by atoms with van der Waals surface area (Å²) in [6.07, 6.45) is 0. The number of hydrogen-bond donors (Lipinski definition) is 1. The summed E-state index contributed by atoms with van der Waals surface area (Å²) < 4.78 is 15.6. The standard InChI is InChI=1S/C13H26N2O4/c1-10(7-18-4)15(5-6-17-3)12(16)13(2)9-19-8-11(13)14/h10-11H,5-9,14H2,1-4H3. The molecule has 0 aliphatic carbocycles. The van der Waals surface area contributed by atoms with E-state index in [2.05, 4.69) is 0 Å². The van der Waals surface area contributed by atoms with Crippen LogP contribution >= 0.6 is 0 Å². The highest BCUT2D eigenvalue weighted by atomic mass is 16.5. The van der Waals surface area contributed by atoms with Gasteiger partial charge in [-0.25, -0.2) is 0 Å². The number of carbonyl (C=O) groups is 1. The molecule has 19 heavy (non-hydrogen) atoms. The molecular formula is C13H26N2O4. The lowest BCUT2D eigenvalue weighted by molar-refractivity contribution is -0.145. The molecule has 3 unspecified atom stereocenters. The van der Waals surface area contributed by atoms with Crippen molar-refractivity contribution in [2.24, 2.45) is 11.1 Å². The maximum Gasteiger partial charge on any atom is 0.232 e. The Balaban J connectivity index is 2.80. The highest BCUT2D eigenvalue weighted by molar-refractivity contribution is 5.84. The van der Waals surface area contributed by atoms with Crippen LogP contribution in [0.5, 0.6) is 0 Å². The molecule has 0 saturated carbocycles. The molecule has 0 aromatic carbocycles. The number of nitrogens with zero attached hydrogens (tertiary/aromatic N) is 1. The zero-order chi connectivity index (χ0) is 14.5. The molecule has 1 fully saturated rings. The topological polar surface area (TPSA) is 74.0 Å². The van der Waals surface area contributed by atoms with Gasteiger partial charge in [0.2, 0.25) is 5.91 Å². The summed E-state index contributed by atoms with van der Waals surface area (Å²) in [5, 5.41) is 0. The summed E-state index contributed by atoms with van der Waals surface area (Å²) in [7, 11) is 3.25.